The molecule has 0 aromatic heterocycles. The quantitative estimate of drug-likeness (QED) is 0.154. The normalized spacial score (nSPS) is 14.6. The summed E-state index contributed by atoms with van der Waals surface area (Å²) in [4.78, 5) is 16.4. The number of carbonyl (C=O) groups is 1. The van der Waals surface area contributed by atoms with Crippen molar-refractivity contribution >= 4 is 16.9 Å². The molecule has 1 aliphatic rings. The Kier molecular flexibility index (Phi) is 6.91. The molecule has 0 heterocycles. The third-order valence-corrected chi connectivity index (χ3v) is 8.57. The summed E-state index contributed by atoms with van der Waals surface area (Å²) in [6, 6.07) is 36.0. The zero-order chi connectivity index (χ0) is 24.1. The third-order valence-electron chi connectivity index (χ3n) is 6.34. The number of carbonyl (C=O) groups excluding carboxylic acids is 1. The predicted octanol–water partition coefficient (Wildman–Crippen LogP) is 7.71. The first-order valence-corrected chi connectivity index (χ1v) is 13.3. The van der Waals surface area contributed by atoms with E-state index in [-0.39, 0.29) is 22.5 Å². The summed E-state index contributed by atoms with van der Waals surface area (Å²) in [6.07, 6.45) is 4.58. The van der Waals surface area contributed by atoms with Gasteiger partial charge in [0.25, 0.3) is 0 Å². The summed E-state index contributed by atoms with van der Waals surface area (Å²) < 4.78 is 11.8. The highest BCUT2D eigenvalue weighted by Crippen LogP contribution is 2.35. The van der Waals surface area contributed by atoms with Crippen LogP contribution in [0.1, 0.15) is 43.0 Å². The van der Waals surface area contributed by atoms with Gasteiger partial charge in [-0.05, 0) is 105 Å². The van der Waals surface area contributed by atoms with E-state index in [4.69, 9.17) is 9.47 Å². The Hall–Kier alpha value is -3.50. The minimum Gasteiger partial charge on any atom is -0.488 e. The fourth-order valence-electron chi connectivity index (χ4n) is 4.50. The Bertz CT molecular complexity index is 1210. The summed E-state index contributed by atoms with van der Waals surface area (Å²) >= 11 is 0. The van der Waals surface area contributed by atoms with Gasteiger partial charge in [-0.1, -0.05) is 36.4 Å². The van der Waals surface area contributed by atoms with Gasteiger partial charge < -0.3 is 9.47 Å². The summed E-state index contributed by atoms with van der Waals surface area (Å²) in [5.41, 5.74) is 0.440. The number of ether oxygens (including phenoxy) is 2. The molecule has 4 heteroatoms. The molecule has 0 unspecified atom stereocenters. The fourth-order valence-corrected chi connectivity index (χ4v) is 6.58. The maximum Gasteiger partial charge on any atom is 0.343 e. The van der Waals surface area contributed by atoms with Gasteiger partial charge in [0.1, 0.15) is 17.1 Å². The van der Waals surface area contributed by atoms with Crippen LogP contribution in [-0.2, 0) is 10.9 Å². The van der Waals surface area contributed by atoms with Gasteiger partial charge in [-0.15, -0.1) is 0 Å². The van der Waals surface area contributed by atoms with Gasteiger partial charge in [-0.2, -0.15) is 0 Å². The molecule has 176 valence electrons. The maximum atomic E-state index is 12.8. The van der Waals surface area contributed by atoms with Gasteiger partial charge in [-0.3, -0.25) is 0 Å². The molecule has 1 fully saturated rings. The monoisotopic (exact) mass is 481 g/mol. The van der Waals surface area contributed by atoms with Crippen molar-refractivity contribution in [2.75, 3.05) is 0 Å². The van der Waals surface area contributed by atoms with Crippen molar-refractivity contribution in [3.63, 3.8) is 0 Å². The second kappa shape index (κ2) is 10.4. The van der Waals surface area contributed by atoms with Crippen LogP contribution in [0.15, 0.2) is 124 Å². The van der Waals surface area contributed by atoms with Gasteiger partial charge in [0, 0.05) is 0 Å². The molecule has 1 aliphatic carbocycles. The molecule has 0 spiro atoms. The Labute approximate surface area is 210 Å². The molecule has 1 saturated carbocycles. The van der Waals surface area contributed by atoms with Crippen molar-refractivity contribution in [2.45, 2.75) is 52.9 Å². The van der Waals surface area contributed by atoms with Crippen molar-refractivity contribution in [1.29, 1.82) is 0 Å². The standard InChI is InChI=1S/C31H29O3S/c1-31(22-8-9-23-31)34-26-18-16-25(17-19-26)33-30(32)24-14-20-29(21-15-24)35(27-10-4-2-5-11-27)28-12-6-3-7-13-28/h2-7,10-21H,8-9,22-23H2,1H3/q+1. The fraction of sp³-hybridized carbons (Fsp3) is 0.194. The van der Waals surface area contributed by atoms with Crippen molar-refractivity contribution in [1.82, 2.24) is 0 Å². The van der Waals surface area contributed by atoms with Crippen LogP contribution in [0.2, 0.25) is 0 Å². The van der Waals surface area contributed by atoms with Crippen LogP contribution >= 0.6 is 0 Å². The van der Waals surface area contributed by atoms with Crippen LogP contribution in [-0.4, -0.2) is 11.6 Å². The molecule has 0 atom stereocenters. The minimum atomic E-state index is -0.368. The molecule has 0 aliphatic heterocycles. The largest absolute Gasteiger partial charge is 0.488 e. The van der Waals surface area contributed by atoms with Crippen molar-refractivity contribution in [3.05, 3.63) is 115 Å². The maximum absolute atomic E-state index is 12.8. The van der Waals surface area contributed by atoms with Crippen LogP contribution in [0.3, 0.4) is 0 Å². The second-order valence-corrected chi connectivity index (χ2v) is 11.1. The zero-order valence-electron chi connectivity index (χ0n) is 19.9. The van der Waals surface area contributed by atoms with E-state index in [0.717, 1.165) is 23.5 Å². The molecule has 4 aromatic carbocycles. The lowest BCUT2D eigenvalue weighted by Crippen LogP contribution is -2.27. The van der Waals surface area contributed by atoms with Crippen molar-refractivity contribution < 1.29 is 14.3 Å². The smallest absolute Gasteiger partial charge is 0.343 e. The lowest BCUT2D eigenvalue weighted by atomic mass is 10.1. The predicted molar refractivity (Wildman–Crippen MR) is 140 cm³/mol. The van der Waals surface area contributed by atoms with Crippen LogP contribution in [0.4, 0.5) is 0 Å². The summed E-state index contributed by atoms with van der Waals surface area (Å²) in [5.74, 6) is 0.955. The second-order valence-electron chi connectivity index (χ2n) is 9.08. The lowest BCUT2D eigenvalue weighted by Gasteiger charge is -2.25. The number of hydrogen-bond acceptors (Lipinski definition) is 3. The first kappa shape index (κ1) is 23.3. The van der Waals surface area contributed by atoms with Gasteiger partial charge in [0.2, 0.25) is 0 Å². The molecule has 35 heavy (non-hydrogen) atoms. The van der Waals surface area contributed by atoms with Crippen molar-refractivity contribution in [2.24, 2.45) is 0 Å². The molecule has 0 radical (unpaired) electrons. The lowest BCUT2D eigenvalue weighted by molar-refractivity contribution is 0.0732. The van der Waals surface area contributed by atoms with E-state index in [2.05, 4.69) is 55.5 Å². The summed E-state index contributed by atoms with van der Waals surface area (Å²) in [5, 5.41) is 0. The van der Waals surface area contributed by atoms with E-state index in [9.17, 15) is 4.79 Å². The van der Waals surface area contributed by atoms with E-state index in [1.807, 2.05) is 48.5 Å². The zero-order valence-corrected chi connectivity index (χ0v) is 20.7. The molecular formula is C31H29O3S+. The Morgan fingerprint density at radius 1 is 0.657 bits per heavy atom. The molecule has 3 nitrogen and oxygen atoms in total. The highest BCUT2D eigenvalue weighted by atomic mass is 32.2. The van der Waals surface area contributed by atoms with E-state index in [0.29, 0.717) is 11.3 Å². The van der Waals surface area contributed by atoms with Gasteiger partial charge in [-0.25, -0.2) is 4.79 Å². The topological polar surface area (TPSA) is 35.5 Å². The first-order chi connectivity index (χ1) is 17.1. The molecule has 0 N–H and O–H groups in total. The summed E-state index contributed by atoms with van der Waals surface area (Å²) in [6.45, 7) is 2.16. The highest BCUT2D eigenvalue weighted by molar-refractivity contribution is 7.97. The molecule has 0 saturated heterocycles. The van der Waals surface area contributed by atoms with Gasteiger partial charge >= 0.3 is 5.97 Å². The molecule has 5 rings (SSSR count). The molecule has 0 amide bonds. The Morgan fingerprint density at radius 3 is 1.69 bits per heavy atom. The van der Waals surface area contributed by atoms with E-state index in [1.165, 1.54) is 22.6 Å². The molecule has 0 bridgehead atoms. The van der Waals surface area contributed by atoms with E-state index in [1.54, 1.807) is 12.1 Å². The highest BCUT2D eigenvalue weighted by Gasteiger charge is 2.31. The summed E-state index contributed by atoms with van der Waals surface area (Å²) in [7, 11) is -0.249. The molecular weight excluding hydrogens is 452 g/mol. The van der Waals surface area contributed by atoms with Crippen LogP contribution < -0.4 is 9.47 Å². The Balaban J connectivity index is 1.29. The third kappa shape index (κ3) is 5.60. The van der Waals surface area contributed by atoms with E-state index < -0.39 is 0 Å². The average Bonchev–Trinajstić information content (AvgIpc) is 3.33. The minimum absolute atomic E-state index is 0.0854. The van der Waals surface area contributed by atoms with Crippen LogP contribution in [0, 0.1) is 0 Å². The average molecular weight is 482 g/mol. The van der Waals surface area contributed by atoms with Crippen molar-refractivity contribution in [3.8, 4) is 11.5 Å². The van der Waals surface area contributed by atoms with Gasteiger partial charge in [0.05, 0.1) is 16.5 Å². The van der Waals surface area contributed by atoms with E-state index >= 15 is 0 Å². The number of rotatable bonds is 7. The SMILES string of the molecule is CC1(Oc2ccc(OC(=O)c3ccc([S+](c4ccccc4)c4ccccc4)cc3)cc2)CCCC1. The number of esters is 1. The Morgan fingerprint density at radius 2 is 1.14 bits per heavy atom. The van der Waals surface area contributed by atoms with Crippen LogP contribution in [0.5, 0.6) is 11.5 Å². The van der Waals surface area contributed by atoms with Gasteiger partial charge in [0.15, 0.2) is 14.7 Å². The number of hydrogen-bond donors (Lipinski definition) is 0. The van der Waals surface area contributed by atoms with Crippen LogP contribution in [0.25, 0.3) is 0 Å². The molecule has 4 aromatic rings. The first-order valence-electron chi connectivity index (χ1n) is 12.1. The number of benzene rings is 4.